The second-order valence-corrected chi connectivity index (χ2v) is 8.43. The second-order valence-electron chi connectivity index (χ2n) is 8.43. The summed E-state index contributed by atoms with van der Waals surface area (Å²) < 4.78 is 0. The number of hydrogen-bond donors (Lipinski definition) is 3. The van der Waals surface area contributed by atoms with E-state index in [4.69, 9.17) is 5.73 Å². The number of amides is 3. The lowest BCUT2D eigenvalue weighted by atomic mass is 9.83. The van der Waals surface area contributed by atoms with Gasteiger partial charge in [-0.15, -0.1) is 0 Å². The number of hydrogen-bond acceptors (Lipinski definition) is 3. The van der Waals surface area contributed by atoms with Crippen LogP contribution in [-0.2, 0) is 14.4 Å². The van der Waals surface area contributed by atoms with Crippen LogP contribution in [0.2, 0.25) is 0 Å². The van der Waals surface area contributed by atoms with Gasteiger partial charge in [0.05, 0.1) is 51.1 Å². The summed E-state index contributed by atoms with van der Waals surface area (Å²) in [6.45, 7) is 3.42. The Morgan fingerprint density at radius 2 is 1.64 bits per heavy atom. The molecule has 3 fully saturated rings. The predicted molar refractivity (Wildman–Crippen MR) is 104 cm³/mol. The number of primary amides is 1. The quantitative estimate of drug-likeness (QED) is 0.539. The van der Waals surface area contributed by atoms with Gasteiger partial charge in [0.15, 0.2) is 11.6 Å². The number of anilines is 1. The van der Waals surface area contributed by atoms with Crippen LogP contribution in [0.1, 0.15) is 38.5 Å². The second kappa shape index (κ2) is 7.64. The molecule has 28 heavy (non-hydrogen) atoms. The highest BCUT2D eigenvalue weighted by Crippen LogP contribution is 2.22. The molecular weight excluding hydrogens is 356 g/mol. The molecule has 7 heteroatoms. The van der Waals surface area contributed by atoms with Crippen molar-refractivity contribution in [2.45, 2.75) is 50.1 Å². The van der Waals surface area contributed by atoms with Crippen molar-refractivity contribution >= 4 is 23.4 Å². The number of para-hydroxylation sites is 1. The van der Waals surface area contributed by atoms with Gasteiger partial charge in [-0.25, -0.2) is 4.90 Å². The number of piperidine rings is 2. The Labute approximate surface area is 165 Å². The molecule has 0 aromatic heterocycles. The van der Waals surface area contributed by atoms with Crippen LogP contribution in [0.15, 0.2) is 30.3 Å². The van der Waals surface area contributed by atoms with E-state index >= 15 is 0 Å². The van der Waals surface area contributed by atoms with E-state index in [1.165, 1.54) is 16.2 Å². The summed E-state index contributed by atoms with van der Waals surface area (Å²) in [5.74, 6) is -0.464. The smallest absolute Gasteiger partial charge is 0.292 e. The van der Waals surface area contributed by atoms with Crippen LogP contribution >= 0.6 is 0 Å². The van der Waals surface area contributed by atoms with Gasteiger partial charge in [0.25, 0.3) is 11.8 Å². The Morgan fingerprint density at radius 3 is 2.25 bits per heavy atom. The van der Waals surface area contributed by atoms with Crippen molar-refractivity contribution in [3.05, 3.63) is 30.3 Å². The predicted octanol–water partition coefficient (Wildman–Crippen LogP) is -1.71. The zero-order valence-corrected chi connectivity index (χ0v) is 16.3. The van der Waals surface area contributed by atoms with Crippen LogP contribution in [0, 0.1) is 0 Å². The third kappa shape index (κ3) is 3.22. The van der Waals surface area contributed by atoms with Crippen molar-refractivity contribution in [1.29, 1.82) is 0 Å². The number of quaternary nitrogens is 2. The number of nitrogens with one attached hydrogen (secondary N) is 2. The highest BCUT2D eigenvalue weighted by atomic mass is 16.2. The molecule has 1 aromatic rings. The maximum atomic E-state index is 13.0. The molecule has 7 nitrogen and oxygen atoms in total. The molecule has 3 aliphatic heterocycles. The molecule has 0 aliphatic carbocycles. The minimum Gasteiger partial charge on any atom is -0.364 e. The standard InChI is InChI=1S/C21H28N4O3/c22-20(28)21(24-11-5-2-6-12-24)9-13-23(14-10-21)17-15-18(26)25(19(17)27)16-7-3-1-4-8-16/h1,3-4,7-8,17H,2,5-6,9-15H2,(H2,22,28)/p+2/t17-/m0/s1. The number of benzene rings is 1. The van der Waals surface area contributed by atoms with Gasteiger partial charge in [-0.05, 0) is 31.4 Å². The molecule has 4 rings (SSSR count). The van der Waals surface area contributed by atoms with E-state index in [1.54, 1.807) is 12.1 Å². The lowest BCUT2D eigenvalue weighted by molar-refractivity contribution is -0.978. The zero-order chi connectivity index (χ0) is 19.7. The zero-order valence-electron chi connectivity index (χ0n) is 16.3. The Hall–Kier alpha value is -2.25. The number of rotatable bonds is 4. The van der Waals surface area contributed by atoms with E-state index in [-0.39, 0.29) is 30.2 Å². The van der Waals surface area contributed by atoms with Crippen molar-refractivity contribution in [3.63, 3.8) is 0 Å². The summed E-state index contributed by atoms with van der Waals surface area (Å²) in [5, 5.41) is 0. The number of nitrogens with two attached hydrogens (primary N) is 1. The van der Waals surface area contributed by atoms with Gasteiger partial charge >= 0.3 is 0 Å². The first kappa shape index (κ1) is 19.1. The van der Waals surface area contributed by atoms with Crippen LogP contribution < -0.4 is 20.4 Å². The fourth-order valence-corrected chi connectivity index (χ4v) is 5.38. The van der Waals surface area contributed by atoms with Crippen LogP contribution in [0.5, 0.6) is 0 Å². The van der Waals surface area contributed by atoms with Gasteiger partial charge in [0.2, 0.25) is 5.91 Å². The maximum Gasteiger partial charge on any atom is 0.292 e. The molecule has 3 heterocycles. The highest BCUT2D eigenvalue weighted by molar-refractivity contribution is 6.21. The first-order chi connectivity index (χ1) is 13.5. The van der Waals surface area contributed by atoms with Crippen LogP contribution in [0.25, 0.3) is 0 Å². The van der Waals surface area contributed by atoms with E-state index in [0.717, 1.165) is 30.8 Å². The molecular formula is C21H30N4O3+2. The van der Waals surface area contributed by atoms with Crippen molar-refractivity contribution < 1.29 is 24.2 Å². The first-order valence-corrected chi connectivity index (χ1v) is 10.4. The van der Waals surface area contributed by atoms with Gasteiger partial charge in [0, 0.05) is 0 Å². The van der Waals surface area contributed by atoms with Gasteiger partial charge in [0.1, 0.15) is 0 Å². The number of nitrogens with zero attached hydrogens (tertiary/aromatic N) is 1. The average Bonchev–Trinajstić information content (AvgIpc) is 3.03. The molecule has 0 saturated carbocycles. The summed E-state index contributed by atoms with van der Waals surface area (Å²) in [6.07, 6.45) is 5.13. The number of carbonyl (C=O) groups excluding carboxylic acids is 3. The topological polar surface area (TPSA) is 89.3 Å². The lowest BCUT2D eigenvalue weighted by Gasteiger charge is -2.44. The van der Waals surface area contributed by atoms with Gasteiger partial charge in [-0.2, -0.15) is 0 Å². The Kier molecular flexibility index (Phi) is 5.21. The van der Waals surface area contributed by atoms with Gasteiger partial charge < -0.3 is 15.5 Å². The minimum absolute atomic E-state index is 0.122. The SMILES string of the molecule is NC(=O)C1([NH+]2CCCCC2)CC[NH+]([C@H]2CC(=O)N(c3ccccc3)C2=O)CC1. The molecule has 1 atom stereocenters. The van der Waals surface area contributed by atoms with Crippen molar-refractivity contribution in [1.82, 2.24) is 0 Å². The van der Waals surface area contributed by atoms with Crippen LogP contribution in [0.3, 0.4) is 0 Å². The maximum absolute atomic E-state index is 13.0. The average molecular weight is 386 g/mol. The third-order valence-corrected chi connectivity index (χ3v) is 7.01. The Bertz CT molecular complexity index is 752. The van der Waals surface area contributed by atoms with E-state index in [1.807, 2.05) is 18.2 Å². The number of carbonyl (C=O) groups is 3. The fraction of sp³-hybridized carbons (Fsp3) is 0.571. The highest BCUT2D eigenvalue weighted by Gasteiger charge is 2.54. The minimum atomic E-state index is -0.505. The summed E-state index contributed by atoms with van der Waals surface area (Å²) in [4.78, 5) is 41.7. The molecule has 1 aromatic carbocycles. The summed E-state index contributed by atoms with van der Waals surface area (Å²) in [7, 11) is 0. The molecule has 0 radical (unpaired) electrons. The molecule has 3 saturated heterocycles. The molecule has 0 spiro atoms. The summed E-state index contributed by atoms with van der Waals surface area (Å²) in [5.41, 5.74) is 6.02. The Balaban J connectivity index is 1.47. The normalized spacial score (nSPS) is 31.9. The number of imide groups is 1. The van der Waals surface area contributed by atoms with Crippen LogP contribution in [0.4, 0.5) is 5.69 Å². The lowest BCUT2D eigenvalue weighted by Crippen LogP contribution is -3.27. The molecule has 0 bridgehead atoms. The Morgan fingerprint density at radius 1 is 1.00 bits per heavy atom. The van der Waals surface area contributed by atoms with E-state index in [2.05, 4.69) is 0 Å². The summed E-state index contributed by atoms with van der Waals surface area (Å²) >= 11 is 0. The molecule has 0 unspecified atom stereocenters. The monoisotopic (exact) mass is 386 g/mol. The van der Waals surface area contributed by atoms with Crippen molar-refractivity contribution in [3.8, 4) is 0 Å². The van der Waals surface area contributed by atoms with Crippen molar-refractivity contribution in [2.24, 2.45) is 5.73 Å². The van der Waals surface area contributed by atoms with Crippen LogP contribution in [-0.4, -0.2) is 55.5 Å². The molecule has 3 aliphatic rings. The first-order valence-electron chi connectivity index (χ1n) is 10.4. The molecule has 4 N–H and O–H groups in total. The van der Waals surface area contributed by atoms with Gasteiger partial charge in [-0.3, -0.25) is 14.4 Å². The summed E-state index contributed by atoms with van der Waals surface area (Å²) in [6, 6.07) is 8.77. The van der Waals surface area contributed by atoms with E-state index in [9.17, 15) is 14.4 Å². The third-order valence-electron chi connectivity index (χ3n) is 7.01. The van der Waals surface area contributed by atoms with Crippen molar-refractivity contribution in [2.75, 3.05) is 31.1 Å². The van der Waals surface area contributed by atoms with E-state index in [0.29, 0.717) is 31.6 Å². The van der Waals surface area contributed by atoms with Gasteiger partial charge in [-0.1, -0.05) is 18.2 Å². The molecule has 3 amide bonds. The largest absolute Gasteiger partial charge is 0.364 e. The fourth-order valence-electron chi connectivity index (χ4n) is 5.38. The van der Waals surface area contributed by atoms with E-state index < -0.39 is 5.54 Å². The molecule has 150 valence electrons. The number of likely N-dealkylation sites (tertiary alicyclic amines) is 2.